The molecule has 1 aliphatic heterocycles. The standard InChI is InChI=1S/C12H13NO/c14-12(8-1-2-8)9-3-4-10-6-13-7-11(10)5-9/h3-5,8,13H,1-2,6-7H2. The largest absolute Gasteiger partial charge is 0.309 e. The third-order valence-corrected chi connectivity index (χ3v) is 3.07. The summed E-state index contributed by atoms with van der Waals surface area (Å²) in [7, 11) is 0. The van der Waals surface area contributed by atoms with Gasteiger partial charge in [0.1, 0.15) is 0 Å². The molecule has 0 atom stereocenters. The minimum atomic E-state index is 0.336. The Morgan fingerprint density at radius 1 is 1.21 bits per heavy atom. The molecule has 2 aliphatic rings. The van der Waals surface area contributed by atoms with Crippen molar-refractivity contribution in [2.75, 3.05) is 0 Å². The van der Waals surface area contributed by atoms with E-state index in [9.17, 15) is 4.79 Å². The highest BCUT2D eigenvalue weighted by Crippen LogP contribution is 2.33. The lowest BCUT2D eigenvalue weighted by atomic mass is 10.0. The van der Waals surface area contributed by atoms with Crippen LogP contribution in [0.25, 0.3) is 0 Å². The molecule has 2 heteroatoms. The minimum Gasteiger partial charge on any atom is -0.309 e. The summed E-state index contributed by atoms with van der Waals surface area (Å²) in [4.78, 5) is 11.8. The monoisotopic (exact) mass is 187 g/mol. The van der Waals surface area contributed by atoms with Gasteiger partial charge in [0.15, 0.2) is 5.78 Å². The minimum absolute atomic E-state index is 0.336. The lowest BCUT2D eigenvalue weighted by Gasteiger charge is -2.02. The Hall–Kier alpha value is -1.15. The molecule has 0 bridgehead atoms. The molecule has 1 saturated carbocycles. The van der Waals surface area contributed by atoms with Gasteiger partial charge in [0.2, 0.25) is 0 Å². The fraction of sp³-hybridized carbons (Fsp3) is 0.417. The van der Waals surface area contributed by atoms with Crippen molar-refractivity contribution < 1.29 is 4.79 Å². The second kappa shape index (κ2) is 2.92. The maximum Gasteiger partial charge on any atom is 0.165 e. The Labute approximate surface area is 83.3 Å². The summed E-state index contributed by atoms with van der Waals surface area (Å²) < 4.78 is 0. The molecule has 0 unspecified atom stereocenters. The molecule has 0 aromatic heterocycles. The lowest BCUT2D eigenvalue weighted by molar-refractivity contribution is 0.0967. The van der Waals surface area contributed by atoms with Crippen LogP contribution in [0.2, 0.25) is 0 Å². The molecule has 1 heterocycles. The molecule has 0 amide bonds. The highest BCUT2D eigenvalue weighted by Gasteiger charge is 2.30. The van der Waals surface area contributed by atoms with E-state index in [2.05, 4.69) is 17.4 Å². The van der Waals surface area contributed by atoms with E-state index in [4.69, 9.17) is 0 Å². The Kier molecular flexibility index (Phi) is 1.71. The lowest BCUT2D eigenvalue weighted by Crippen LogP contribution is -2.02. The zero-order valence-corrected chi connectivity index (χ0v) is 8.05. The quantitative estimate of drug-likeness (QED) is 0.716. The van der Waals surface area contributed by atoms with Crippen LogP contribution in [0.3, 0.4) is 0 Å². The summed E-state index contributed by atoms with van der Waals surface area (Å²) in [6, 6.07) is 6.13. The van der Waals surface area contributed by atoms with E-state index < -0.39 is 0 Å². The van der Waals surface area contributed by atoms with Crippen molar-refractivity contribution in [3.8, 4) is 0 Å². The number of fused-ring (bicyclic) bond motifs is 1. The molecule has 1 N–H and O–H groups in total. The predicted molar refractivity (Wildman–Crippen MR) is 54.0 cm³/mol. The van der Waals surface area contributed by atoms with Gasteiger partial charge < -0.3 is 5.32 Å². The SMILES string of the molecule is O=C(c1ccc2c(c1)CNC2)C1CC1. The fourth-order valence-electron chi connectivity index (χ4n) is 2.03. The average Bonchev–Trinajstić information content (AvgIpc) is 2.95. The van der Waals surface area contributed by atoms with E-state index in [-0.39, 0.29) is 0 Å². The van der Waals surface area contributed by atoms with Crippen LogP contribution in [-0.2, 0) is 13.1 Å². The second-order valence-corrected chi connectivity index (χ2v) is 4.23. The van der Waals surface area contributed by atoms with E-state index in [1.54, 1.807) is 0 Å². The third kappa shape index (κ3) is 1.26. The number of hydrogen-bond acceptors (Lipinski definition) is 2. The molecule has 0 radical (unpaired) electrons. The van der Waals surface area contributed by atoms with Crippen LogP contribution in [0.4, 0.5) is 0 Å². The second-order valence-electron chi connectivity index (χ2n) is 4.23. The number of rotatable bonds is 2. The normalized spacial score (nSPS) is 19.4. The maximum absolute atomic E-state index is 11.8. The Bertz CT molecular complexity index is 393. The number of carbonyl (C=O) groups excluding carboxylic acids is 1. The Balaban J connectivity index is 1.95. The van der Waals surface area contributed by atoms with Gasteiger partial charge in [-0.25, -0.2) is 0 Å². The molecule has 0 saturated heterocycles. The first-order valence-corrected chi connectivity index (χ1v) is 5.21. The number of ketones is 1. The summed E-state index contributed by atoms with van der Waals surface area (Å²) in [6.07, 6.45) is 2.18. The van der Waals surface area contributed by atoms with Crippen LogP contribution < -0.4 is 5.32 Å². The molecule has 0 spiro atoms. The van der Waals surface area contributed by atoms with Gasteiger partial charge in [-0.05, 0) is 30.0 Å². The van der Waals surface area contributed by atoms with Crippen LogP contribution in [0.1, 0.15) is 34.3 Å². The van der Waals surface area contributed by atoms with Crippen LogP contribution in [0.15, 0.2) is 18.2 Å². The smallest absolute Gasteiger partial charge is 0.165 e. The highest BCUT2D eigenvalue weighted by atomic mass is 16.1. The van der Waals surface area contributed by atoms with E-state index in [0.29, 0.717) is 11.7 Å². The first kappa shape index (κ1) is 8.18. The average molecular weight is 187 g/mol. The van der Waals surface area contributed by atoms with Crippen LogP contribution in [0.5, 0.6) is 0 Å². The van der Waals surface area contributed by atoms with E-state index >= 15 is 0 Å². The molecule has 1 aliphatic carbocycles. The third-order valence-electron chi connectivity index (χ3n) is 3.07. The van der Waals surface area contributed by atoms with Crippen LogP contribution >= 0.6 is 0 Å². The number of Topliss-reactive ketones (excluding diaryl/α,β-unsaturated/α-hetero) is 1. The van der Waals surface area contributed by atoms with Gasteiger partial charge in [-0.3, -0.25) is 4.79 Å². The zero-order valence-electron chi connectivity index (χ0n) is 8.05. The van der Waals surface area contributed by atoms with Crippen molar-refractivity contribution in [3.63, 3.8) is 0 Å². The van der Waals surface area contributed by atoms with Crippen molar-refractivity contribution in [2.24, 2.45) is 5.92 Å². The van der Waals surface area contributed by atoms with Crippen LogP contribution in [-0.4, -0.2) is 5.78 Å². The van der Waals surface area contributed by atoms with Crippen LogP contribution in [0, 0.1) is 5.92 Å². The van der Waals surface area contributed by atoms with Crippen molar-refractivity contribution in [2.45, 2.75) is 25.9 Å². The van der Waals surface area contributed by atoms with Crippen molar-refractivity contribution in [1.29, 1.82) is 0 Å². The van der Waals surface area contributed by atoms with Gasteiger partial charge >= 0.3 is 0 Å². The van der Waals surface area contributed by atoms with Gasteiger partial charge in [0, 0.05) is 24.6 Å². The van der Waals surface area contributed by atoms with Crippen molar-refractivity contribution in [1.82, 2.24) is 5.32 Å². The van der Waals surface area contributed by atoms with E-state index in [0.717, 1.165) is 31.5 Å². The van der Waals surface area contributed by atoms with Gasteiger partial charge in [0.25, 0.3) is 0 Å². The zero-order chi connectivity index (χ0) is 9.54. The number of benzene rings is 1. The van der Waals surface area contributed by atoms with Gasteiger partial charge in [0.05, 0.1) is 0 Å². The Morgan fingerprint density at radius 3 is 2.79 bits per heavy atom. The molecular weight excluding hydrogens is 174 g/mol. The summed E-state index contributed by atoms with van der Waals surface area (Å²) in [5.74, 6) is 0.683. The summed E-state index contributed by atoms with van der Waals surface area (Å²) in [6.45, 7) is 1.87. The highest BCUT2D eigenvalue weighted by molar-refractivity contribution is 5.99. The maximum atomic E-state index is 11.8. The first-order valence-electron chi connectivity index (χ1n) is 5.21. The van der Waals surface area contributed by atoms with E-state index in [1.807, 2.05) is 6.07 Å². The number of nitrogens with one attached hydrogen (secondary N) is 1. The molecule has 2 nitrogen and oxygen atoms in total. The number of hydrogen-bond donors (Lipinski definition) is 1. The summed E-state index contributed by atoms with van der Waals surface area (Å²) in [5.41, 5.74) is 3.56. The molecule has 3 rings (SSSR count). The van der Waals surface area contributed by atoms with Gasteiger partial charge in [-0.15, -0.1) is 0 Å². The van der Waals surface area contributed by atoms with Crippen molar-refractivity contribution in [3.05, 3.63) is 34.9 Å². The molecule has 72 valence electrons. The Morgan fingerprint density at radius 2 is 2.00 bits per heavy atom. The fourth-order valence-corrected chi connectivity index (χ4v) is 2.03. The van der Waals surface area contributed by atoms with Crippen molar-refractivity contribution >= 4 is 5.78 Å². The first-order chi connectivity index (χ1) is 6.84. The number of carbonyl (C=O) groups is 1. The van der Waals surface area contributed by atoms with Gasteiger partial charge in [-0.2, -0.15) is 0 Å². The van der Waals surface area contributed by atoms with Gasteiger partial charge in [-0.1, -0.05) is 12.1 Å². The molecule has 1 fully saturated rings. The predicted octanol–water partition coefficient (Wildman–Crippen LogP) is 1.88. The summed E-state index contributed by atoms with van der Waals surface area (Å²) >= 11 is 0. The van der Waals surface area contributed by atoms with E-state index in [1.165, 1.54) is 11.1 Å². The molecule has 14 heavy (non-hydrogen) atoms. The molecular formula is C12H13NO. The summed E-state index contributed by atoms with van der Waals surface area (Å²) in [5, 5.41) is 3.29. The molecule has 1 aromatic rings. The molecule has 1 aromatic carbocycles. The topological polar surface area (TPSA) is 29.1 Å².